The van der Waals surface area contributed by atoms with Crippen molar-refractivity contribution in [3.05, 3.63) is 0 Å². The Morgan fingerprint density at radius 2 is 1.00 bits per heavy atom. The highest BCUT2D eigenvalue weighted by Crippen LogP contribution is 2.10. The molecule has 0 spiro atoms. The lowest BCUT2D eigenvalue weighted by Crippen LogP contribution is -1.81. The first-order valence-electron chi connectivity index (χ1n) is 6.22. The van der Waals surface area contributed by atoms with Gasteiger partial charge in [0, 0.05) is 0 Å². The van der Waals surface area contributed by atoms with Gasteiger partial charge in [-0.1, -0.05) is 64.7 Å². The standard InChI is InChI=1S/C12H26S.H2O2/c1-2-3-4-5-6-7-8-9-10-11-12-13;1-2/h13H,2-12H2,1H3;1-2H. The molecule has 0 heterocycles. The van der Waals surface area contributed by atoms with Crippen LogP contribution in [0, 0.1) is 0 Å². The minimum absolute atomic E-state index is 1.07. The zero-order chi connectivity index (χ0) is 11.8. The van der Waals surface area contributed by atoms with Crippen LogP contribution in [-0.2, 0) is 0 Å². The van der Waals surface area contributed by atoms with E-state index < -0.39 is 0 Å². The maximum atomic E-state index is 6.00. The molecule has 0 aliphatic carbocycles. The van der Waals surface area contributed by atoms with Gasteiger partial charge in [-0.15, -0.1) is 0 Å². The number of hydrogen-bond donors (Lipinski definition) is 3. The number of thiol groups is 1. The lowest BCUT2D eigenvalue weighted by molar-refractivity contribution is -0.176. The van der Waals surface area contributed by atoms with Crippen molar-refractivity contribution < 1.29 is 10.5 Å². The van der Waals surface area contributed by atoms with Crippen LogP contribution in [0.3, 0.4) is 0 Å². The monoisotopic (exact) mass is 236 g/mol. The molecule has 3 heteroatoms. The highest BCUT2D eigenvalue weighted by molar-refractivity contribution is 7.80. The average Bonchev–Trinajstić information content (AvgIpc) is 2.30. The molecule has 0 rings (SSSR count). The molecule has 0 bridgehead atoms. The fraction of sp³-hybridized carbons (Fsp3) is 1.00. The average molecular weight is 236 g/mol. The summed E-state index contributed by atoms with van der Waals surface area (Å²) in [6, 6.07) is 0. The molecule has 0 unspecified atom stereocenters. The molecule has 15 heavy (non-hydrogen) atoms. The van der Waals surface area contributed by atoms with Crippen LogP contribution in [-0.4, -0.2) is 16.3 Å². The quantitative estimate of drug-likeness (QED) is 0.219. The Kier molecular flexibility index (Phi) is 23.3. The summed E-state index contributed by atoms with van der Waals surface area (Å²) in [5.74, 6) is 1.07. The van der Waals surface area contributed by atoms with Gasteiger partial charge in [0.1, 0.15) is 0 Å². The largest absolute Gasteiger partial charge is 0.255 e. The van der Waals surface area contributed by atoms with E-state index in [9.17, 15) is 0 Å². The van der Waals surface area contributed by atoms with E-state index in [1.165, 1.54) is 64.2 Å². The minimum Gasteiger partial charge on any atom is -0.255 e. The molecule has 2 nitrogen and oxygen atoms in total. The van der Waals surface area contributed by atoms with Crippen molar-refractivity contribution in [1.29, 1.82) is 0 Å². The topological polar surface area (TPSA) is 40.5 Å². The van der Waals surface area contributed by atoms with Gasteiger partial charge in [0.05, 0.1) is 0 Å². The van der Waals surface area contributed by atoms with Gasteiger partial charge in [-0.25, -0.2) is 0 Å². The molecule has 0 aromatic rings. The molecule has 2 N–H and O–H groups in total. The molecule has 0 radical (unpaired) electrons. The number of unbranched alkanes of at least 4 members (excludes halogenated alkanes) is 9. The van der Waals surface area contributed by atoms with Crippen LogP contribution >= 0.6 is 12.6 Å². The van der Waals surface area contributed by atoms with Gasteiger partial charge < -0.3 is 0 Å². The Labute approximate surface area is 100 Å². The molecule has 0 atom stereocenters. The Hall–Kier alpha value is 0.270. The van der Waals surface area contributed by atoms with Crippen molar-refractivity contribution in [3.8, 4) is 0 Å². The first kappa shape index (κ1) is 17.7. The first-order chi connectivity index (χ1) is 7.41. The summed E-state index contributed by atoms with van der Waals surface area (Å²) >= 11 is 4.20. The van der Waals surface area contributed by atoms with Crippen LogP contribution in [0.4, 0.5) is 0 Å². The third-order valence-corrected chi connectivity index (χ3v) is 2.83. The Morgan fingerprint density at radius 1 is 0.667 bits per heavy atom. The minimum atomic E-state index is 1.07. The van der Waals surface area contributed by atoms with E-state index in [0.717, 1.165) is 5.75 Å². The highest BCUT2D eigenvalue weighted by Gasteiger charge is 1.91. The third-order valence-electron chi connectivity index (χ3n) is 2.51. The molecule has 0 fully saturated rings. The van der Waals surface area contributed by atoms with E-state index in [4.69, 9.17) is 10.5 Å². The zero-order valence-electron chi connectivity index (χ0n) is 10.1. The molecular formula is C12H28O2S. The fourth-order valence-electron chi connectivity index (χ4n) is 1.60. The number of rotatable bonds is 10. The van der Waals surface area contributed by atoms with E-state index in [1.54, 1.807) is 0 Å². The molecule has 0 saturated carbocycles. The maximum absolute atomic E-state index is 6.00. The van der Waals surface area contributed by atoms with Crippen LogP contribution < -0.4 is 0 Å². The smallest absolute Gasteiger partial charge is 0.00979 e. The summed E-state index contributed by atoms with van der Waals surface area (Å²) in [6.45, 7) is 2.28. The van der Waals surface area contributed by atoms with Gasteiger partial charge in [-0.3, -0.25) is 10.5 Å². The van der Waals surface area contributed by atoms with Crippen molar-refractivity contribution >= 4 is 12.6 Å². The van der Waals surface area contributed by atoms with Crippen LogP contribution in [0.15, 0.2) is 0 Å². The van der Waals surface area contributed by atoms with Gasteiger partial charge in [-0.05, 0) is 12.2 Å². The van der Waals surface area contributed by atoms with E-state index >= 15 is 0 Å². The van der Waals surface area contributed by atoms with Crippen molar-refractivity contribution in [3.63, 3.8) is 0 Å². The summed E-state index contributed by atoms with van der Waals surface area (Å²) in [6.07, 6.45) is 14.2. The van der Waals surface area contributed by atoms with Gasteiger partial charge in [0.2, 0.25) is 0 Å². The third kappa shape index (κ3) is 20.4. The summed E-state index contributed by atoms with van der Waals surface area (Å²) < 4.78 is 0. The predicted molar refractivity (Wildman–Crippen MR) is 71.0 cm³/mol. The van der Waals surface area contributed by atoms with Crippen molar-refractivity contribution in [2.45, 2.75) is 71.1 Å². The van der Waals surface area contributed by atoms with Gasteiger partial charge in [0.25, 0.3) is 0 Å². The van der Waals surface area contributed by atoms with E-state index in [-0.39, 0.29) is 0 Å². The molecule has 0 aliphatic heterocycles. The molecule has 94 valence electrons. The normalized spacial score (nSPS) is 9.60. The lowest BCUT2D eigenvalue weighted by atomic mass is 10.1. The number of hydrogen-bond acceptors (Lipinski definition) is 3. The lowest BCUT2D eigenvalue weighted by Gasteiger charge is -2.00. The van der Waals surface area contributed by atoms with Crippen LogP contribution in [0.2, 0.25) is 0 Å². The second kappa shape index (κ2) is 19.8. The Bertz CT molecular complexity index is 79.7. The molecule has 0 saturated heterocycles. The molecule has 0 aliphatic rings. The van der Waals surface area contributed by atoms with Gasteiger partial charge in [0.15, 0.2) is 0 Å². The summed E-state index contributed by atoms with van der Waals surface area (Å²) in [4.78, 5) is 0. The van der Waals surface area contributed by atoms with Crippen LogP contribution in [0.1, 0.15) is 71.1 Å². The Morgan fingerprint density at radius 3 is 1.33 bits per heavy atom. The van der Waals surface area contributed by atoms with Crippen molar-refractivity contribution in [2.24, 2.45) is 0 Å². The second-order valence-corrected chi connectivity index (χ2v) is 4.35. The van der Waals surface area contributed by atoms with E-state index in [1.807, 2.05) is 0 Å². The van der Waals surface area contributed by atoms with Crippen molar-refractivity contribution in [1.82, 2.24) is 0 Å². The summed E-state index contributed by atoms with van der Waals surface area (Å²) in [7, 11) is 0. The SMILES string of the molecule is CCCCCCCCCCCCS.OO. The molecule has 0 amide bonds. The first-order valence-corrected chi connectivity index (χ1v) is 6.86. The second-order valence-electron chi connectivity index (χ2n) is 3.91. The van der Waals surface area contributed by atoms with Crippen molar-refractivity contribution in [2.75, 3.05) is 5.75 Å². The van der Waals surface area contributed by atoms with E-state index in [2.05, 4.69) is 19.6 Å². The summed E-state index contributed by atoms with van der Waals surface area (Å²) in [5, 5.41) is 12.0. The Balaban J connectivity index is 0. The maximum Gasteiger partial charge on any atom is -0.00979 e. The van der Waals surface area contributed by atoms with Gasteiger partial charge >= 0.3 is 0 Å². The predicted octanol–water partition coefficient (Wildman–Crippen LogP) is 4.85. The molecule has 0 aromatic carbocycles. The van der Waals surface area contributed by atoms with Crippen LogP contribution in [0.25, 0.3) is 0 Å². The van der Waals surface area contributed by atoms with E-state index in [0.29, 0.717) is 0 Å². The van der Waals surface area contributed by atoms with Crippen LogP contribution in [0.5, 0.6) is 0 Å². The zero-order valence-corrected chi connectivity index (χ0v) is 11.0. The highest BCUT2D eigenvalue weighted by atomic mass is 32.1. The fourth-order valence-corrected chi connectivity index (χ4v) is 1.82. The van der Waals surface area contributed by atoms with Gasteiger partial charge in [-0.2, -0.15) is 12.6 Å². The molecular weight excluding hydrogens is 208 g/mol. The molecule has 0 aromatic heterocycles. The summed E-state index contributed by atoms with van der Waals surface area (Å²) in [5.41, 5.74) is 0.